The van der Waals surface area contributed by atoms with E-state index >= 15 is 0 Å². The van der Waals surface area contributed by atoms with Crippen LogP contribution in [0.2, 0.25) is 0 Å². The molecular weight excluding hydrogens is 442 g/mol. The molecule has 188 valence electrons. The summed E-state index contributed by atoms with van der Waals surface area (Å²) >= 11 is 0. The first-order valence-corrected chi connectivity index (χ1v) is 11.2. The van der Waals surface area contributed by atoms with Crippen LogP contribution in [0.3, 0.4) is 0 Å². The highest BCUT2D eigenvalue weighted by atomic mass is 16.6. The Balaban J connectivity index is 2.17. The van der Waals surface area contributed by atoms with E-state index in [1.807, 2.05) is 31.2 Å². The number of anilines is 1. The smallest absolute Gasteiger partial charge is 0.408 e. The third-order valence-electron chi connectivity index (χ3n) is 5.49. The molecule has 0 bridgehead atoms. The number of carbonyl (C=O) groups is 4. The lowest BCUT2D eigenvalue weighted by atomic mass is 9.78. The second-order valence-electron chi connectivity index (χ2n) is 9.70. The summed E-state index contributed by atoms with van der Waals surface area (Å²) in [6.07, 6.45) is -0.188. The molecule has 7 N–H and O–H groups in total. The summed E-state index contributed by atoms with van der Waals surface area (Å²) < 4.78 is 5.33. The summed E-state index contributed by atoms with van der Waals surface area (Å²) in [4.78, 5) is 48.2. The van der Waals surface area contributed by atoms with E-state index in [4.69, 9.17) is 10.5 Å². The zero-order valence-electron chi connectivity index (χ0n) is 20.1. The van der Waals surface area contributed by atoms with Crippen LogP contribution in [0.25, 0.3) is 0 Å². The lowest BCUT2D eigenvalue weighted by molar-refractivity contribution is -0.142. The van der Waals surface area contributed by atoms with E-state index in [1.165, 1.54) is 0 Å². The summed E-state index contributed by atoms with van der Waals surface area (Å²) in [6, 6.07) is 4.76. The zero-order chi connectivity index (χ0) is 25.5. The second-order valence-corrected chi connectivity index (χ2v) is 9.70. The van der Waals surface area contributed by atoms with Crippen LogP contribution < -0.4 is 27.0 Å². The van der Waals surface area contributed by atoms with E-state index in [9.17, 15) is 24.3 Å². The van der Waals surface area contributed by atoms with Crippen molar-refractivity contribution < 1.29 is 29.0 Å². The van der Waals surface area contributed by atoms with Gasteiger partial charge in [-0.15, -0.1) is 0 Å². The number of rotatable bonds is 10. The molecule has 0 radical (unpaired) electrons. The van der Waals surface area contributed by atoms with E-state index in [2.05, 4.69) is 21.3 Å². The number of primary amides is 1. The SMILES string of the molecule is CC(C)(C)OC(=O)N[C@@H](CC1(C)CNc2ccccc21)C(=O)N[C@@H](CCCNC(N)=O)C(=O)O. The lowest BCUT2D eigenvalue weighted by Crippen LogP contribution is -2.54. The normalized spacial score (nSPS) is 18.6. The maximum Gasteiger partial charge on any atom is 0.408 e. The van der Waals surface area contributed by atoms with Crippen LogP contribution in [-0.2, 0) is 19.7 Å². The van der Waals surface area contributed by atoms with Gasteiger partial charge in [-0.25, -0.2) is 14.4 Å². The Morgan fingerprint density at radius 3 is 2.47 bits per heavy atom. The minimum Gasteiger partial charge on any atom is -0.480 e. The van der Waals surface area contributed by atoms with Gasteiger partial charge < -0.3 is 36.8 Å². The highest BCUT2D eigenvalue weighted by Crippen LogP contribution is 2.39. The number of alkyl carbamates (subject to hydrolysis) is 1. The second kappa shape index (κ2) is 11.1. The number of carboxylic acids is 1. The molecule has 0 aromatic heterocycles. The fraction of sp³-hybridized carbons (Fsp3) is 0.565. The molecule has 1 aliphatic rings. The number of fused-ring (bicyclic) bond motifs is 1. The number of amides is 4. The molecule has 1 aromatic carbocycles. The summed E-state index contributed by atoms with van der Waals surface area (Å²) in [7, 11) is 0. The predicted molar refractivity (Wildman–Crippen MR) is 126 cm³/mol. The molecule has 0 spiro atoms. The molecule has 4 amide bonds. The van der Waals surface area contributed by atoms with Gasteiger partial charge in [0.15, 0.2) is 0 Å². The Labute approximate surface area is 199 Å². The van der Waals surface area contributed by atoms with Crippen LogP contribution >= 0.6 is 0 Å². The van der Waals surface area contributed by atoms with Gasteiger partial charge in [-0.3, -0.25) is 4.79 Å². The van der Waals surface area contributed by atoms with Gasteiger partial charge in [-0.2, -0.15) is 0 Å². The number of aliphatic carboxylic acids is 1. The van der Waals surface area contributed by atoms with Crippen LogP contribution in [-0.4, -0.2) is 59.9 Å². The number of nitrogens with one attached hydrogen (secondary N) is 4. The molecule has 1 heterocycles. The maximum atomic E-state index is 13.2. The molecular formula is C23H35N5O6. The summed E-state index contributed by atoms with van der Waals surface area (Å²) in [5.74, 6) is -1.85. The number of ether oxygens (including phenoxy) is 1. The Kier molecular flexibility index (Phi) is 8.72. The molecule has 0 fully saturated rings. The van der Waals surface area contributed by atoms with Gasteiger partial charge in [0.05, 0.1) is 0 Å². The van der Waals surface area contributed by atoms with Gasteiger partial charge in [0.1, 0.15) is 17.7 Å². The first kappa shape index (κ1) is 26.7. The molecule has 1 aliphatic heterocycles. The minimum absolute atomic E-state index is 0.0716. The average molecular weight is 478 g/mol. The van der Waals surface area contributed by atoms with Crippen molar-refractivity contribution in [2.24, 2.45) is 5.73 Å². The van der Waals surface area contributed by atoms with Crippen LogP contribution in [0.15, 0.2) is 24.3 Å². The molecule has 0 aliphatic carbocycles. The van der Waals surface area contributed by atoms with Crippen LogP contribution in [0.4, 0.5) is 15.3 Å². The van der Waals surface area contributed by atoms with Gasteiger partial charge in [-0.05, 0) is 51.7 Å². The summed E-state index contributed by atoms with van der Waals surface area (Å²) in [5.41, 5.74) is 5.71. The van der Waals surface area contributed by atoms with Crippen molar-refractivity contribution in [3.05, 3.63) is 29.8 Å². The summed E-state index contributed by atoms with van der Waals surface area (Å²) in [5, 5.41) is 20.4. The van der Waals surface area contributed by atoms with Gasteiger partial charge in [0.2, 0.25) is 5.91 Å². The number of benzene rings is 1. The van der Waals surface area contributed by atoms with Crippen molar-refractivity contribution in [1.82, 2.24) is 16.0 Å². The van der Waals surface area contributed by atoms with Crippen molar-refractivity contribution in [1.29, 1.82) is 0 Å². The number of urea groups is 1. The van der Waals surface area contributed by atoms with Crippen molar-refractivity contribution in [3.8, 4) is 0 Å². The molecule has 11 heteroatoms. The first-order chi connectivity index (χ1) is 15.8. The lowest BCUT2D eigenvalue weighted by Gasteiger charge is -2.31. The molecule has 34 heavy (non-hydrogen) atoms. The van der Waals surface area contributed by atoms with Crippen LogP contribution in [0, 0.1) is 0 Å². The molecule has 1 unspecified atom stereocenters. The van der Waals surface area contributed by atoms with Crippen molar-refractivity contribution >= 4 is 29.7 Å². The summed E-state index contributed by atoms with van der Waals surface area (Å²) in [6.45, 7) is 7.83. The Morgan fingerprint density at radius 2 is 1.85 bits per heavy atom. The van der Waals surface area contributed by atoms with Gasteiger partial charge in [0, 0.05) is 24.2 Å². The van der Waals surface area contributed by atoms with E-state index < -0.39 is 47.1 Å². The number of hydrogen-bond donors (Lipinski definition) is 6. The zero-order valence-corrected chi connectivity index (χ0v) is 20.1. The quantitative estimate of drug-likeness (QED) is 0.278. The third kappa shape index (κ3) is 7.82. The fourth-order valence-electron chi connectivity index (χ4n) is 3.89. The Bertz CT molecular complexity index is 915. The standard InChI is InChI=1S/C23H35N5O6/c1-22(2,3)34-21(33)28-17(12-23(4)13-26-15-9-6-5-8-14(15)23)18(29)27-16(19(30)31)10-7-11-25-20(24)32/h5-6,8-9,16-17,26H,7,10-13H2,1-4H3,(H,27,29)(H,28,33)(H,30,31)(H3,24,25,32)/t16-,17-,23?/m0/s1. The largest absolute Gasteiger partial charge is 0.480 e. The number of hydrogen-bond acceptors (Lipinski definition) is 6. The monoisotopic (exact) mass is 477 g/mol. The van der Waals surface area contributed by atoms with E-state index in [-0.39, 0.29) is 19.4 Å². The highest BCUT2D eigenvalue weighted by Gasteiger charge is 2.40. The highest BCUT2D eigenvalue weighted by molar-refractivity contribution is 5.89. The topological polar surface area (TPSA) is 172 Å². The number of nitrogens with two attached hydrogens (primary N) is 1. The number of para-hydroxylation sites is 1. The van der Waals surface area contributed by atoms with E-state index in [1.54, 1.807) is 20.8 Å². The van der Waals surface area contributed by atoms with E-state index in [0.29, 0.717) is 13.0 Å². The Morgan fingerprint density at radius 1 is 1.18 bits per heavy atom. The van der Waals surface area contributed by atoms with Crippen molar-refractivity contribution in [2.75, 3.05) is 18.4 Å². The molecule has 1 aromatic rings. The minimum atomic E-state index is -1.22. The maximum absolute atomic E-state index is 13.2. The van der Waals surface area contributed by atoms with Crippen molar-refractivity contribution in [3.63, 3.8) is 0 Å². The van der Waals surface area contributed by atoms with Crippen LogP contribution in [0.5, 0.6) is 0 Å². The Hall–Kier alpha value is -3.50. The average Bonchev–Trinajstić information content (AvgIpc) is 3.05. The molecule has 0 saturated heterocycles. The van der Waals surface area contributed by atoms with Gasteiger partial charge in [0.25, 0.3) is 0 Å². The molecule has 2 rings (SSSR count). The first-order valence-electron chi connectivity index (χ1n) is 11.2. The molecule has 11 nitrogen and oxygen atoms in total. The molecule has 3 atom stereocenters. The number of carbonyl (C=O) groups excluding carboxylic acids is 3. The van der Waals surface area contributed by atoms with Crippen LogP contribution in [0.1, 0.15) is 52.5 Å². The number of carboxylic acid groups (broad SMARTS) is 1. The predicted octanol–water partition coefficient (Wildman–Crippen LogP) is 1.67. The van der Waals surface area contributed by atoms with Gasteiger partial charge in [-0.1, -0.05) is 25.1 Å². The van der Waals surface area contributed by atoms with E-state index in [0.717, 1.165) is 11.3 Å². The van der Waals surface area contributed by atoms with Gasteiger partial charge >= 0.3 is 18.1 Å². The van der Waals surface area contributed by atoms with Crippen molar-refractivity contribution in [2.45, 2.75) is 70.1 Å². The molecule has 0 saturated carbocycles. The fourth-order valence-corrected chi connectivity index (χ4v) is 3.89. The third-order valence-corrected chi connectivity index (χ3v) is 5.49.